The van der Waals surface area contributed by atoms with Crippen LogP contribution in [0.2, 0.25) is 0 Å². The van der Waals surface area contributed by atoms with Crippen LogP contribution in [0.4, 0.5) is 0 Å². The Morgan fingerprint density at radius 3 is 2.29 bits per heavy atom. The highest BCUT2D eigenvalue weighted by atomic mass is 16.5. The molecule has 0 bridgehead atoms. The van der Waals surface area contributed by atoms with Gasteiger partial charge in [-0.15, -0.1) is 0 Å². The van der Waals surface area contributed by atoms with E-state index < -0.39 is 6.10 Å². The van der Waals surface area contributed by atoms with Crippen molar-refractivity contribution in [2.45, 2.75) is 26.1 Å². The lowest BCUT2D eigenvalue weighted by Gasteiger charge is -2.33. The summed E-state index contributed by atoms with van der Waals surface area (Å²) in [6, 6.07) is 14.7. The second-order valence-electron chi connectivity index (χ2n) is 8.71. The number of aliphatic hydroxyl groups is 1. The summed E-state index contributed by atoms with van der Waals surface area (Å²) in [6.07, 6.45) is -0.527. The molecule has 6 nitrogen and oxygen atoms in total. The van der Waals surface area contributed by atoms with Gasteiger partial charge in [0.1, 0.15) is 12.7 Å². The number of nitrogens with zero attached hydrogens (tertiary/aromatic N) is 3. The third kappa shape index (κ3) is 7.51. The Bertz CT molecular complexity index is 804. The number of ether oxygens (including phenoxy) is 2. The Morgan fingerprint density at radius 2 is 1.61 bits per heavy atom. The Balaban J connectivity index is 1.53. The summed E-state index contributed by atoms with van der Waals surface area (Å²) in [4.78, 5) is 6.88. The Labute approximate surface area is 187 Å². The van der Waals surface area contributed by atoms with Crippen molar-refractivity contribution < 1.29 is 14.6 Å². The van der Waals surface area contributed by atoms with E-state index >= 15 is 0 Å². The lowest BCUT2D eigenvalue weighted by molar-refractivity contribution is 0.0497. The van der Waals surface area contributed by atoms with E-state index in [9.17, 15) is 5.11 Å². The summed E-state index contributed by atoms with van der Waals surface area (Å²) in [5.41, 5.74) is 3.72. The van der Waals surface area contributed by atoms with Crippen LogP contribution in [0.15, 0.2) is 42.5 Å². The highest BCUT2D eigenvalue weighted by Gasteiger charge is 2.18. The number of likely N-dealkylation sites (N-methyl/N-ethyl adjacent to an activating group) is 1. The second kappa shape index (κ2) is 11.5. The maximum absolute atomic E-state index is 10.5. The molecular weight excluding hydrogens is 390 g/mol. The van der Waals surface area contributed by atoms with Crippen molar-refractivity contribution >= 4 is 0 Å². The Kier molecular flexibility index (Phi) is 8.72. The smallest absolute Gasteiger partial charge is 0.161 e. The van der Waals surface area contributed by atoms with Crippen LogP contribution in [-0.2, 0) is 13.1 Å². The highest BCUT2D eigenvalue weighted by molar-refractivity contribution is 5.43. The first kappa shape index (κ1) is 23.5. The van der Waals surface area contributed by atoms with Gasteiger partial charge in [0.05, 0.1) is 7.11 Å². The summed E-state index contributed by atoms with van der Waals surface area (Å²) in [5, 5.41) is 10.5. The minimum Gasteiger partial charge on any atom is -0.493 e. The summed E-state index contributed by atoms with van der Waals surface area (Å²) < 4.78 is 11.4. The number of β-amino-alcohol motifs (C(OH)–C–C–N with tert-alkyl or cyclic N) is 1. The monoisotopic (exact) mass is 427 g/mol. The van der Waals surface area contributed by atoms with Crippen molar-refractivity contribution in [3.8, 4) is 11.5 Å². The van der Waals surface area contributed by atoms with Crippen molar-refractivity contribution in [2.24, 2.45) is 0 Å². The molecule has 0 radical (unpaired) electrons. The van der Waals surface area contributed by atoms with E-state index in [1.165, 1.54) is 11.1 Å². The lowest BCUT2D eigenvalue weighted by atomic mass is 10.1. The number of piperazine rings is 1. The molecule has 1 N–H and O–H groups in total. The molecule has 0 spiro atoms. The fourth-order valence-corrected chi connectivity index (χ4v) is 3.87. The molecule has 31 heavy (non-hydrogen) atoms. The maximum Gasteiger partial charge on any atom is 0.161 e. The summed E-state index contributed by atoms with van der Waals surface area (Å²) in [7, 11) is 5.89. The molecule has 0 saturated carbocycles. The number of rotatable bonds is 10. The van der Waals surface area contributed by atoms with Gasteiger partial charge in [-0.2, -0.15) is 0 Å². The second-order valence-corrected chi connectivity index (χ2v) is 8.71. The van der Waals surface area contributed by atoms with Gasteiger partial charge in [0.15, 0.2) is 11.5 Å². The zero-order chi connectivity index (χ0) is 22.2. The molecule has 2 aromatic carbocycles. The molecule has 1 saturated heterocycles. The van der Waals surface area contributed by atoms with Crippen LogP contribution in [0.1, 0.15) is 16.7 Å². The van der Waals surface area contributed by atoms with Gasteiger partial charge in [-0.3, -0.25) is 9.80 Å². The number of aryl methyl sites for hydroxylation is 1. The average molecular weight is 428 g/mol. The van der Waals surface area contributed by atoms with Crippen molar-refractivity contribution in [2.75, 3.05) is 60.5 Å². The first-order chi connectivity index (χ1) is 14.9. The normalized spacial score (nSPS) is 16.5. The third-order valence-corrected chi connectivity index (χ3v) is 5.75. The van der Waals surface area contributed by atoms with E-state index in [1.807, 2.05) is 12.1 Å². The molecule has 0 amide bonds. The highest BCUT2D eigenvalue weighted by Crippen LogP contribution is 2.29. The molecule has 2 aromatic rings. The maximum atomic E-state index is 10.5. The molecule has 3 rings (SSSR count). The summed E-state index contributed by atoms with van der Waals surface area (Å²) in [6.45, 7) is 8.73. The fraction of sp³-hybridized carbons (Fsp3) is 0.520. The van der Waals surface area contributed by atoms with Gasteiger partial charge in [0.2, 0.25) is 0 Å². The number of hydrogen-bond acceptors (Lipinski definition) is 6. The molecule has 1 unspecified atom stereocenters. The molecule has 0 aliphatic carbocycles. The molecule has 1 heterocycles. The van der Waals surface area contributed by atoms with Crippen molar-refractivity contribution in [1.82, 2.24) is 14.7 Å². The first-order valence-corrected chi connectivity index (χ1v) is 11.1. The van der Waals surface area contributed by atoms with Crippen LogP contribution >= 0.6 is 0 Å². The first-order valence-electron chi connectivity index (χ1n) is 11.1. The standard InChI is InChI=1S/C25H37N3O3/c1-20-5-7-21(8-6-20)16-27(3)17-22-9-10-24(30-4)25(15-22)31-19-23(29)18-28-13-11-26(2)12-14-28/h5-10,15,23,29H,11-14,16-19H2,1-4H3. The lowest BCUT2D eigenvalue weighted by Crippen LogP contribution is -2.47. The van der Waals surface area contributed by atoms with E-state index in [0.717, 1.165) is 44.8 Å². The van der Waals surface area contributed by atoms with Gasteiger partial charge < -0.3 is 19.5 Å². The quantitative estimate of drug-likeness (QED) is 0.629. The van der Waals surface area contributed by atoms with Crippen LogP contribution < -0.4 is 9.47 Å². The summed E-state index contributed by atoms with van der Waals surface area (Å²) in [5.74, 6) is 1.37. The van der Waals surface area contributed by atoms with Gasteiger partial charge in [-0.05, 0) is 44.3 Å². The van der Waals surface area contributed by atoms with Crippen molar-refractivity contribution in [3.05, 3.63) is 59.2 Å². The van der Waals surface area contributed by atoms with Gasteiger partial charge >= 0.3 is 0 Å². The predicted octanol–water partition coefficient (Wildman–Crippen LogP) is 2.62. The fourth-order valence-electron chi connectivity index (χ4n) is 3.87. The third-order valence-electron chi connectivity index (χ3n) is 5.75. The Hall–Kier alpha value is -2.12. The molecule has 1 atom stereocenters. The number of methoxy groups -OCH3 is 1. The van der Waals surface area contributed by atoms with Crippen molar-refractivity contribution in [3.63, 3.8) is 0 Å². The SMILES string of the molecule is COc1ccc(CN(C)Cc2ccc(C)cc2)cc1OCC(O)CN1CCN(C)CC1. The zero-order valence-corrected chi connectivity index (χ0v) is 19.4. The Morgan fingerprint density at radius 1 is 0.968 bits per heavy atom. The van der Waals surface area contributed by atoms with Crippen LogP contribution in [0.5, 0.6) is 11.5 Å². The van der Waals surface area contributed by atoms with Gasteiger partial charge in [-0.1, -0.05) is 35.9 Å². The van der Waals surface area contributed by atoms with Crippen LogP contribution in [-0.4, -0.2) is 86.4 Å². The number of hydrogen-bond donors (Lipinski definition) is 1. The molecule has 0 aromatic heterocycles. The number of aliphatic hydroxyl groups excluding tert-OH is 1. The van der Waals surface area contributed by atoms with E-state index in [0.29, 0.717) is 18.0 Å². The zero-order valence-electron chi connectivity index (χ0n) is 19.4. The molecular formula is C25H37N3O3. The largest absolute Gasteiger partial charge is 0.493 e. The average Bonchev–Trinajstić information content (AvgIpc) is 2.75. The molecule has 1 aliphatic heterocycles. The predicted molar refractivity (Wildman–Crippen MR) is 125 cm³/mol. The van der Waals surface area contributed by atoms with E-state index in [4.69, 9.17) is 9.47 Å². The van der Waals surface area contributed by atoms with Gasteiger partial charge in [0, 0.05) is 45.8 Å². The van der Waals surface area contributed by atoms with E-state index in [-0.39, 0.29) is 6.61 Å². The summed E-state index contributed by atoms with van der Waals surface area (Å²) >= 11 is 0. The molecule has 1 fully saturated rings. The van der Waals surface area contributed by atoms with Crippen LogP contribution in [0.3, 0.4) is 0 Å². The van der Waals surface area contributed by atoms with Crippen molar-refractivity contribution in [1.29, 1.82) is 0 Å². The molecule has 6 heteroatoms. The van der Waals surface area contributed by atoms with Crippen LogP contribution in [0.25, 0.3) is 0 Å². The molecule has 170 valence electrons. The van der Waals surface area contributed by atoms with E-state index in [2.05, 4.69) is 66.1 Å². The minimum atomic E-state index is -0.527. The molecule has 1 aliphatic rings. The number of benzene rings is 2. The minimum absolute atomic E-state index is 0.255. The topological polar surface area (TPSA) is 48.4 Å². The van der Waals surface area contributed by atoms with Crippen LogP contribution in [0, 0.1) is 6.92 Å². The van der Waals surface area contributed by atoms with Gasteiger partial charge in [0.25, 0.3) is 0 Å². The van der Waals surface area contributed by atoms with E-state index in [1.54, 1.807) is 7.11 Å². The van der Waals surface area contributed by atoms with Gasteiger partial charge in [-0.25, -0.2) is 0 Å².